The Bertz CT molecular complexity index is 644. The van der Waals surface area contributed by atoms with Gasteiger partial charge in [0.15, 0.2) is 0 Å². The number of benzene rings is 1. The van der Waals surface area contributed by atoms with Crippen LogP contribution in [-0.2, 0) is 10.0 Å². The van der Waals surface area contributed by atoms with E-state index in [4.69, 9.17) is 0 Å². The first-order valence-corrected chi connectivity index (χ1v) is 7.57. The van der Waals surface area contributed by atoms with Crippen LogP contribution in [0, 0.1) is 15.9 Å². The van der Waals surface area contributed by atoms with Crippen molar-refractivity contribution in [2.75, 3.05) is 20.6 Å². The molecule has 118 valence electrons. The molecule has 0 amide bonds. The largest absolute Gasteiger partial charge is 0.304 e. The van der Waals surface area contributed by atoms with Crippen LogP contribution >= 0.6 is 0 Å². The molecule has 0 aliphatic heterocycles. The Morgan fingerprint density at radius 2 is 1.95 bits per heavy atom. The van der Waals surface area contributed by atoms with Gasteiger partial charge in [0.2, 0.25) is 15.8 Å². The lowest BCUT2D eigenvalue weighted by Gasteiger charge is -2.32. The second kappa shape index (κ2) is 6.04. The number of sulfonamides is 1. The molecule has 0 fully saturated rings. The van der Waals surface area contributed by atoms with E-state index in [1.165, 1.54) is 0 Å². The molecule has 0 bridgehead atoms. The van der Waals surface area contributed by atoms with Crippen LogP contribution in [0.25, 0.3) is 0 Å². The van der Waals surface area contributed by atoms with Gasteiger partial charge in [-0.15, -0.1) is 0 Å². The Balaban J connectivity index is 2.99. The fraction of sp³-hybridized carbons (Fsp3) is 0.500. The van der Waals surface area contributed by atoms with Crippen LogP contribution in [0.5, 0.6) is 0 Å². The van der Waals surface area contributed by atoms with E-state index >= 15 is 0 Å². The summed E-state index contributed by atoms with van der Waals surface area (Å²) in [6, 6.07) is 2.48. The Morgan fingerprint density at radius 1 is 1.38 bits per heavy atom. The molecular weight excluding hydrogens is 301 g/mol. The zero-order valence-electron chi connectivity index (χ0n) is 12.3. The number of nitrogens with one attached hydrogen (secondary N) is 1. The minimum atomic E-state index is -3.93. The van der Waals surface area contributed by atoms with Gasteiger partial charge in [-0.05, 0) is 34.0 Å². The van der Waals surface area contributed by atoms with Gasteiger partial charge in [-0.3, -0.25) is 10.1 Å². The van der Waals surface area contributed by atoms with Crippen LogP contribution in [0.3, 0.4) is 0 Å². The predicted molar refractivity (Wildman–Crippen MR) is 76.0 cm³/mol. The molecular formula is C12H18FN3O4S. The zero-order valence-corrected chi connectivity index (χ0v) is 13.1. The monoisotopic (exact) mass is 319 g/mol. The molecule has 1 N–H and O–H groups in total. The second-order valence-corrected chi connectivity index (χ2v) is 7.17. The number of nitrogens with zero attached hydrogens (tertiary/aromatic N) is 2. The summed E-state index contributed by atoms with van der Waals surface area (Å²) in [6.45, 7) is 3.79. The molecule has 1 aromatic rings. The lowest BCUT2D eigenvalue weighted by Crippen LogP contribution is -2.48. The van der Waals surface area contributed by atoms with Gasteiger partial charge in [-0.2, -0.15) is 4.39 Å². The Labute approximate surface area is 123 Å². The molecule has 7 nitrogen and oxygen atoms in total. The van der Waals surface area contributed by atoms with Gasteiger partial charge in [0.1, 0.15) is 0 Å². The number of hydrogen-bond acceptors (Lipinski definition) is 5. The lowest BCUT2D eigenvalue weighted by atomic mass is 10.1. The van der Waals surface area contributed by atoms with E-state index in [0.717, 1.165) is 12.1 Å². The highest BCUT2D eigenvalue weighted by Crippen LogP contribution is 2.21. The summed E-state index contributed by atoms with van der Waals surface area (Å²) in [4.78, 5) is 11.1. The summed E-state index contributed by atoms with van der Waals surface area (Å²) in [6.07, 6.45) is 0. The van der Waals surface area contributed by atoms with E-state index < -0.39 is 32.0 Å². The summed E-state index contributed by atoms with van der Waals surface area (Å²) >= 11 is 0. The molecule has 0 spiro atoms. The molecule has 0 aromatic heterocycles. The van der Waals surface area contributed by atoms with E-state index in [0.29, 0.717) is 6.07 Å². The van der Waals surface area contributed by atoms with Gasteiger partial charge in [0, 0.05) is 24.2 Å². The maximum Gasteiger partial charge on any atom is 0.304 e. The van der Waals surface area contributed by atoms with Crippen molar-refractivity contribution >= 4 is 15.7 Å². The topological polar surface area (TPSA) is 92.6 Å². The van der Waals surface area contributed by atoms with Crippen molar-refractivity contribution in [2.24, 2.45) is 0 Å². The molecule has 0 saturated carbocycles. The third-order valence-electron chi connectivity index (χ3n) is 3.33. The maximum atomic E-state index is 13.5. The molecule has 1 aromatic carbocycles. The van der Waals surface area contributed by atoms with Gasteiger partial charge < -0.3 is 4.90 Å². The Kier molecular flexibility index (Phi) is 5.03. The second-order valence-electron chi connectivity index (χ2n) is 5.40. The zero-order chi connectivity index (χ0) is 16.4. The van der Waals surface area contributed by atoms with Crippen LogP contribution in [-0.4, -0.2) is 44.4 Å². The van der Waals surface area contributed by atoms with E-state index in [9.17, 15) is 22.9 Å². The van der Waals surface area contributed by atoms with Gasteiger partial charge in [0.25, 0.3) is 0 Å². The average molecular weight is 319 g/mol. The van der Waals surface area contributed by atoms with E-state index in [2.05, 4.69) is 4.72 Å². The van der Waals surface area contributed by atoms with Gasteiger partial charge in [-0.25, -0.2) is 13.1 Å². The van der Waals surface area contributed by atoms with Crippen LogP contribution < -0.4 is 4.72 Å². The molecule has 1 rings (SSSR count). The van der Waals surface area contributed by atoms with Crippen molar-refractivity contribution in [3.8, 4) is 0 Å². The molecule has 0 aliphatic carbocycles. The van der Waals surface area contributed by atoms with Crippen molar-refractivity contribution in [1.82, 2.24) is 9.62 Å². The molecule has 21 heavy (non-hydrogen) atoms. The molecule has 0 unspecified atom stereocenters. The Morgan fingerprint density at radius 3 is 2.38 bits per heavy atom. The van der Waals surface area contributed by atoms with Crippen molar-refractivity contribution in [3.63, 3.8) is 0 Å². The molecule has 0 aliphatic rings. The highest BCUT2D eigenvalue weighted by molar-refractivity contribution is 7.89. The summed E-state index contributed by atoms with van der Waals surface area (Å²) in [5.41, 5.74) is -1.20. The van der Waals surface area contributed by atoms with E-state index in [1.807, 2.05) is 18.7 Å². The summed E-state index contributed by atoms with van der Waals surface area (Å²) in [5, 5.41) is 10.5. The van der Waals surface area contributed by atoms with Crippen molar-refractivity contribution in [1.29, 1.82) is 0 Å². The van der Waals surface area contributed by atoms with E-state index in [-0.39, 0.29) is 11.4 Å². The SMILES string of the molecule is CN(C)C(C)(C)CNS(=O)(=O)c1ccc([N+](=O)[O-])c(F)c1. The van der Waals surface area contributed by atoms with Crippen LogP contribution in [0.15, 0.2) is 23.1 Å². The molecule has 0 radical (unpaired) electrons. The Hall–Kier alpha value is -1.58. The summed E-state index contributed by atoms with van der Waals surface area (Å²) < 4.78 is 40.0. The first kappa shape index (κ1) is 17.5. The third kappa shape index (κ3) is 4.19. The minimum absolute atomic E-state index is 0.112. The first-order chi connectivity index (χ1) is 9.47. The normalized spacial score (nSPS) is 12.7. The fourth-order valence-electron chi connectivity index (χ4n) is 1.32. The average Bonchev–Trinajstić information content (AvgIpc) is 2.36. The van der Waals surface area contributed by atoms with Crippen LogP contribution in [0.4, 0.5) is 10.1 Å². The van der Waals surface area contributed by atoms with Crippen LogP contribution in [0.1, 0.15) is 13.8 Å². The molecule has 0 heterocycles. The molecule has 9 heteroatoms. The molecule has 0 atom stereocenters. The van der Waals surface area contributed by atoms with Gasteiger partial charge in [-0.1, -0.05) is 0 Å². The predicted octanol–water partition coefficient (Wildman–Crippen LogP) is 1.35. The quantitative estimate of drug-likeness (QED) is 0.631. The van der Waals surface area contributed by atoms with Crippen molar-refractivity contribution in [2.45, 2.75) is 24.3 Å². The van der Waals surface area contributed by atoms with Crippen molar-refractivity contribution < 1.29 is 17.7 Å². The smallest absolute Gasteiger partial charge is 0.303 e. The number of nitro benzene ring substituents is 1. The number of likely N-dealkylation sites (N-methyl/N-ethyl adjacent to an activating group) is 1. The third-order valence-corrected chi connectivity index (χ3v) is 4.73. The van der Waals surface area contributed by atoms with Crippen molar-refractivity contribution in [3.05, 3.63) is 34.1 Å². The van der Waals surface area contributed by atoms with E-state index in [1.54, 1.807) is 14.1 Å². The minimum Gasteiger partial charge on any atom is -0.303 e. The summed E-state index contributed by atoms with van der Waals surface area (Å²) in [7, 11) is -0.320. The highest BCUT2D eigenvalue weighted by atomic mass is 32.2. The van der Waals surface area contributed by atoms with Gasteiger partial charge in [0.05, 0.1) is 9.82 Å². The fourth-order valence-corrected chi connectivity index (χ4v) is 2.53. The molecule has 0 saturated heterocycles. The van der Waals surface area contributed by atoms with Crippen LogP contribution in [0.2, 0.25) is 0 Å². The number of hydrogen-bond donors (Lipinski definition) is 1. The highest BCUT2D eigenvalue weighted by Gasteiger charge is 2.25. The standard InChI is InChI=1S/C12H18FN3O4S/c1-12(2,15(3)4)8-14-21(19,20)9-5-6-11(16(17)18)10(13)7-9/h5-7,14H,8H2,1-4H3. The number of halogens is 1. The van der Waals surface area contributed by atoms with Gasteiger partial charge >= 0.3 is 5.69 Å². The summed E-state index contributed by atoms with van der Waals surface area (Å²) in [5.74, 6) is -1.19. The number of rotatable bonds is 6. The number of nitro groups is 1. The lowest BCUT2D eigenvalue weighted by molar-refractivity contribution is -0.387. The first-order valence-electron chi connectivity index (χ1n) is 6.08. The maximum absolute atomic E-state index is 13.5.